The molecule has 0 spiro atoms. The Morgan fingerprint density at radius 3 is 2.07 bits per heavy atom. The molecule has 0 aliphatic rings. The van der Waals surface area contributed by atoms with E-state index in [2.05, 4.69) is 28.7 Å². The van der Waals surface area contributed by atoms with Crippen molar-refractivity contribution in [2.75, 3.05) is 0 Å². The van der Waals surface area contributed by atoms with Gasteiger partial charge in [0.2, 0.25) is 0 Å². The summed E-state index contributed by atoms with van der Waals surface area (Å²) in [6.45, 7) is 6.16. The molecule has 0 amide bonds. The van der Waals surface area contributed by atoms with Gasteiger partial charge in [0.15, 0.2) is 0 Å². The Hall–Kier alpha value is -0.0513. The maximum atomic E-state index is 11.4. The zero-order chi connectivity index (χ0) is 12.1. The van der Waals surface area contributed by atoms with Crippen LogP contribution in [0, 0.1) is 0 Å². The van der Waals surface area contributed by atoms with Gasteiger partial charge in [-0.3, -0.25) is 0 Å². The molecule has 0 bridgehead atoms. The van der Waals surface area contributed by atoms with E-state index in [9.17, 15) is 4.79 Å². The second-order valence-corrected chi connectivity index (χ2v) is 21.1. The first-order valence-electron chi connectivity index (χ1n) is 5.57. The van der Waals surface area contributed by atoms with E-state index in [1.165, 1.54) is 15.6 Å². The SMILES string of the molecule is C/C=C/C(=O)C/C(C)=C(\C)[CH2][Sn]([CH3])([CH3])[CH3]. The molecule has 0 aromatic carbocycles. The van der Waals surface area contributed by atoms with Gasteiger partial charge in [-0.05, 0) is 0 Å². The average molecular weight is 315 g/mol. The molecule has 0 N–H and O–H groups in total. The summed E-state index contributed by atoms with van der Waals surface area (Å²) >= 11 is -1.73. The maximum absolute atomic E-state index is 11.4. The fourth-order valence-corrected chi connectivity index (χ4v) is 7.01. The van der Waals surface area contributed by atoms with E-state index in [1.54, 1.807) is 6.08 Å². The van der Waals surface area contributed by atoms with E-state index in [4.69, 9.17) is 0 Å². The van der Waals surface area contributed by atoms with Crippen LogP contribution < -0.4 is 0 Å². The van der Waals surface area contributed by atoms with Crippen LogP contribution in [0.1, 0.15) is 27.2 Å². The molecule has 0 aromatic rings. The molecular formula is C13H24OSn. The number of rotatable bonds is 5. The summed E-state index contributed by atoms with van der Waals surface area (Å²) in [6, 6.07) is 0. The Kier molecular flexibility index (Phi) is 6.49. The Morgan fingerprint density at radius 1 is 1.13 bits per heavy atom. The average Bonchev–Trinajstić information content (AvgIpc) is 2.00. The van der Waals surface area contributed by atoms with Crippen molar-refractivity contribution < 1.29 is 4.79 Å². The van der Waals surface area contributed by atoms with E-state index < -0.39 is 18.4 Å². The number of allylic oxidation sites excluding steroid dienone is 4. The fraction of sp³-hybridized carbons (Fsp3) is 0.615. The molecule has 0 saturated heterocycles. The molecular weight excluding hydrogens is 291 g/mol. The summed E-state index contributed by atoms with van der Waals surface area (Å²) in [7, 11) is 0. The predicted octanol–water partition coefficient (Wildman–Crippen LogP) is 4.20. The van der Waals surface area contributed by atoms with Crippen LogP contribution in [0.4, 0.5) is 0 Å². The molecule has 1 nitrogen and oxygen atoms in total. The Balaban J connectivity index is 4.46. The third kappa shape index (κ3) is 7.83. The first-order chi connectivity index (χ1) is 6.76. The van der Waals surface area contributed by atoms with Crippen molar-refractivity contribution in [1.29, 1.82) is 0 Å². The quantitative estimate of drug-likeness (QED) is 0.422. The van der Waals surface area contributed by atoms with Crippen LogP contribution in [-0.2, 0) is 4.79 Å². The summed E-state index contributed by atoms with van der Waals surface area (Å²) in [4.78, 5) is 18.7. The molecule has 15 heavy (non-hydrogen) atoms. The van der Waals surface area contributed by atoms with Gasteiger partial charge in [0, 0.05) is 0 Å². The molecule has 0 heterocycles. The van der Waals surface area contributed by atoms with Crippen molar-refractivity contribution in [3.8, 4) is 0 Å². The first-order valence-corrected chi connectivity index (χ1v) is 16.1. The van der Waals surface area contributed by atoms with Crippen molar-refractivity contribution in [3.63, 3.8) is 0 Å². The topological polar surface area (TPSA) is 17.1 Å². The first kappa shape index (κ1) is 14.9. The molecule has 0 atom stereocenters. The van der Waals surface area contributed by atoms with Crippen molar-refractivity contribution in [2.24, 2.45) is 0 Å². The molecule has 0 aliphatic heterocycles. The van der Waals surface area contributed by atoms with Crippen molar-refractivity contribution in [3.05, 3.63) is 23.3 Å². The Labute approximate surface area is 98.5 Å². The number of hydrogen-bond donors (Lipinski definition) is 0. The third-order valence-corrected chi connectivity index (χ3v) is 6.86. The van der Waals surface area contributed by atoms with Gasteiger partial charge in [-0.25, -0.2) is 0 Å². The summed E-state index contributed by atoms with van der Waals surface area (Å²) < 4.78 is 1.27. The van der Waals surface area contributed by atoms with Gasteiger partial charge in [-0.1, -0.05) is 0 Å². The molecule has 0 aromatic heterocycles. The molecule has 0 fully saturated rings. The number of ketones is 1. The molecule has 86 valence electrons. The zero-order valence-electron chi connectivity index (χ0n) is 11.0. The normalized spacial score (nSPS) is 14.3. The van der Waals surface area contributed by atoms with Gasteiger partial charge in [0.1, 0.15) is 0 Å². The third-order valence-electron chi connectivity index (χ3n) is 2.32. The predicted molar refractivity (Wildman–Crippen MR) is 71.0 cm³/mol. The summed E-state index contributed by atoms with van der Waals surface area (Å²) in [5, 5.41) is 0. The van der Waals surface area contributed by atoms with Crippen LogP contribution in [0.3, 0.4) is 0 Å². The standard InChI is InChI=1S/C10H15O.3CH3.Sn/c1-5-6-10(11)7-9(4)8(2)3;;;;/h5-6H,2,7H2,1,3-4H3;3*1H3;/b6-5+,9-8-;;;;. The molecule has 0 aliphatic carbocycles. The van der Waals surface area contributed by atoms with Crippen molar-refractivity contribution in [1.82, 2.24) is 0 Å². The number of hydrogen-bond acceptors (Lipinski definition) is 1. The second-order valence-electron chi connectivity index (χ2n) is 5.44. The fourth-order valence-electron chi connectivity index (χ4n) is 1.60. The van der Waals surface area contributed by atoms with Crippen LogP contribution in [0.5, 0.6) is 0 Å². The molecule has 0 radical (unpaired) electrons. The van der Waals surface area contributed by atoms with Gasteiger partial charge >= 0.3 is 98.7 Å². The molecule has 0 saturated carbocycles. The Bertz CT molecular complexity index is 279. The van der Waals surface area contributed by atoms with Gasteiger partial charge < -0.3 is 0 Å². The van der Waals surface area contributed by atoms with Gasteiger partial charge in [0.05, 0.1) is 0 Å². The summed E-state index contributed by atoms with van der Waals surface area (Å²) in [6.07, 6.45) is 4.07. The molecule has 0 unspecified atom stereocenters. The van der Waals surface area contributed by atoms with Crippen LogP contribution in [0.2, 0.25) is 19.3 Å². The summed E-state index contributed by atoms with van der Waals surface area (Å²) in [5.41, 5.74) is 2.71. The van der Waals surface area contributed by atoms with Crippen LogP contribution in [0.25, 0.3) is 0 Å². The minimum atomic E-state index is -1.73. The van der Waals surface area contributed by atoms with E-state index in [-0.39, 0.29) is 5.78 Å². The molecule has 2 heteroatoms. The van der Waals surface area contributed by atoms with Gasteiger partial charge in [-0.2, -0.15) is 0 Å². The molecule has 0 rings (SSSR count). The zero-order valence-corrected chi connectivity index (χ0v) is 13.8. The van der Waals surface area contributed by atoms with E-state index in [0.29, 0.717) is 6.42 Å². The van der Waals surface area contributed by atoms with Crippen LogP contribution in [-0.4, -0.2) is 24.2 Å². The Morgan fingerprint density at radius 2 is 1.67 bits per heavy atom. The monoisotopic (exact) mass is 316 g/mol. The van der Waals surface area contributed by atoms with E-state index >= 15 is 0 Å². The van der Waals surface area contributed by atoms with Gasteiger partial charge in [-0.15, -0.1) is 0 Å². The summed E-state index contributed by atoms with van der Waals surface area (Å²) in [5.74, 6) is 0.221. The van der Waals surface area contributed by atoms with E-state index in [1.807, 2.05) is 13.0 Å². The van der Waals surface area contributed by atoms with E-state index in [0.717, 1.165) is 0 Å². The second kappa shape index (κ2) is 6.51. The number of carbonyl (C=O) groups is 1. The van der Waals surface area contributed by atoms with Crippen molar-refractivity contribution in [2.45, 2.75) is 46.4 Å². The van der Waals surface area contributed by atoms with Crippen LogP contribution >= 0.6 is 0 Å². The van der Waals surface area contributed by atoms with Crippen molar-refractivity contribution >= 4 is 24.2 Å². The minimum absolute atomic E-state index is 0.221. The van der Waals surface area contributed by atoms with Crippen LogP contribution in [0.15, 0.2) is 23.3 Å². The number of carbonyl (C=O) groups excluding carboxylic acids is 1. The van der Waals surface area contributed by atoms with Gasteiger partial charge in [0.25, 0.3) is 0 Å².